The number of sulfonamides is 1. The minimum absolute atomic E-state index is 0.301. The molecule has 0 bridgehead atoms. The summed E-state index contributed by atoms with van der Waals surface area (Å²) in [6, 6.07) is 0. The second kappa shape index (κ2) is 6.35. The molecule has 2 fully saturated rings. The molecular formula is C14H25NO3S. The normalized spacial score (nSPS) is 26.7. The molecular weight excluding hydrogens is 262 g/mol. The van der Waals surface area contributed by atoms with Crippen LogP contribution in [-0.4, -0.2) is 37.9 Å². The Morgan fingerprint density at radius 1 is 1.16 bits per heavy atom. The highest BCUT2D eigenvalue weighted by Gasteiger charge is 2.27. The van der Waals surface area contributed by atoms with E-state index in [1.54, 1.807) is 4.31 Å². The Labute approximate surface area is 116 Å². The smallest absolute Gasteiger partial charge is 0.211 e. The van der Waals surface area contributed by atoms with Crippen LogP contribution in [0, 0.1) is 11.8 Å². The maximum Gasteiger partial charge on any atom is 0.211 e. The Morgan fingerprint density at radius 2 is 1.84 bits per heavy atom. The first-order valence-corrected chi connectivity index (χ1v) is 9.29. The van der Waals surface area contributed by atoms with Gasteiger partial charge >= 0.3 is 0 Å². The second-order valence-corrected chi connectivity index (χ2v) is 8.10. The van der Waals surface area contributed by atoms with Gasteiger partial charge in [0.05, 0.1) is 6.26 Å². The first kappa shape index (κ1) is 15.0. The van der Waals surface area contributed by atoms with Crippen molar-refractivity contribution >= 4 is 15.8 Å². The van der Waals surface area contributed by atoms with Gasteiger partial charge in [-0.2, -0.15) is 0 Å². The van der Waals surface area contributed by atoms with Crippen LogP contribution in [0.3, 0.4) is 0 Å². The summed E-state index contributed by atoms with van der Waals surface area (Å²) in [5.41, 5.74) is 0. The summed E-state index contributed by atoms with van der Waals surface area (Å²) >= 11 is 0. The highest BCUT2D eigenvalue weighted by atomic mass is 32.2. The molecule has 0 radical (unpaired) electrons. The number of piperidine rings is 1. The van der Waals surface area contributed by atoms with E-state index in [4.69, 9.17) is 0 Å². The molecule has 1 unspecified atom stereocenters. The Kier molecular flexibility index (Phi) is 5.01. The van der Waals surface area contributed by atoms with Gasteiger partial charge in [-0.25, -0.2) is 12.7 Å². The molecule has 19 heavy (non-hydrogen) atoms. The molecule has 0 aromatic carbocycles. The molecule has 0 aromatic heterocycles. The Balaban J connectivity index is 1.78. The van der Waals surface area contributed by atoms with E-state index in [1.165, 1.54) is 19.1 Å². The van der Waals surface area contributed by atoms with Gasteiger partial charge in [-0.15, -0.1) is 0 Å². The summed E-state index contributed by atoms with van der Waals surface area (Å²) < 4.78 is 24.6. The van der Waals surface area contributed by atoms with Crippen molar-refractivity contribution < 1.29 is 13.2 Å². The molecule has 0 spiro atoms. The van der Waals surface area contributed by atoms with Gasteiger partial charge < -0.3 is 0 Å². The van der Waals surface area contributed by atoms with Crippen LogP contribution in [0.15, 0.2) is 0 Å². The Morgan fingerprint density at radius 3 is 2.47 bits per heavy atom. The first-order chi connectivity index (χ1) is 8.97. The number of nitrogens with zero attached hydrogens (tertiary/aromatic N) is 1. The Hall–Kier alpha value is -0.420. The number of Topliss-reactive ketones (excluding diaryl/α,β-unsaturated/α-hetero) is 1. The minimum Gasteiger partial charge on any atom is -0.299 e. The Bertz CT molecular complexity index is 412. The van der Waals surface area contributed by atoms with E-state index in [-0.39, 0.29) is 0 Å². The lowest BCUT2D eigenvalue weighted by Gasteiger charge is -2.31. The zero-order chi connectivity index (χ0) is 13.9. The number of carbonyl (C=O) groups is 1. The lowest BCUT2D eigenvalue weighted by Crippen LogP contribution is -2.39. The molecule has 1 saturated carbocycles. The standard InChI is InChI=1S/C14H25NO3S/c1-19(17,18)15-10-4-5-12(11-15)8-9-14(16)13-6-2-3-7-13/h12-13H,2-11H2,1H3. The molecule has 110 valence electrons. The molecule has 1 atom stereocenters. The number of ketones is 1. The molecule has 2 rings (SSSR count). The van der Waals surface area contributed by atoms with E-state index in [0.717, 1.165) is 32.1 Å². The fourth-order valence-corrected chi connectivity index (χ4v) is 4.30. The molecule has 1 heterocycles. The third-order valence-electron chi connectivity index (χ3n) is 4.56. The van der Waals surface area contributed by atoms with Crippen molar-refractivity contribution in [1.29, 1.82) is 0 Å². The molecule has 1 saturated heterocycles. The van der Waals surface area contributed by atoms with Crippen LogP contribution in [0.25, 0.3) is 0 Å². The van der Waals surface area contributed by atoms with E-state index in [9.17, 15) is 13.2 Å². The van der Waals surface area contributed by atoms with Crippen LogP contribution in [0.5, 0.6) is 0 Å². The van der Waals surface area contributed by atoms with Crippen molar-refractivity contribution in [3.8, 4) is 0 Å². The fourth-order valence-electron chi connectivity index (χ4n) is 3.36. The maximum atomic E-state index is 12.0. The van der Waals surface area contributed by atoms with Gasteiger partial charge in [-0.1, -0.05) is 12.8 Å². The van der Waals surface area contributed by atoms with Gasteiger partial charge in [0.25, 0.3) is 0 Å². The highest BCUT2D eigenvalue weighted by molar-refractivity contribution is 7.88. The predicted molar refractivity (Wildman–Crippen MR) is 75.3 cm³/mol. The summed E-state index contributed by atoms with van der Waals surface area (Å²) in [6.45, 7) is 1.25. The molecule has 0 N–H and O–H groups in total. The predicted octanol–water partition coefficient (Wildman–Crippen LogP) is 2.20. The number of rotatable bonds is 5. The summed E-state index contributed by atoms with van der Waals surface area (Å²) in [5, 5.41) is 0. The van der Waals surface area contributed by atoms with Gasteiger partial charge in [0, 0.05) is 25.4 Å². The van der Waals surface area contributed by atoms with Crippen LogP contribution in [0.1, 0.15) is 51.4 Å². The van der Waals surface area contributed by atoms with Crippen LogP contribution in [0.4, 0.5) is 0 Å². The summed E-state index contributed by atoms with van der Waals surface area (Å²) in [7, 11) is -3.06. The van der Waals surface area contributed by atoms with Crippen molar-refractivity contribution in [2.24, 2.45) is 11.8 Å². The van der Waals surface area contributed by atoms with Crippen molar-refractivity contribution in [2.45, 2.75) is 51.4 Å². The van der Waals surface area contributed by atoms with Gasteiger partial charge in [0.1, 0.15) is 5.78 Å². The number of hydrogen-bond donors (Lipinski definition) is 0. The van der Waals surface area contributed by atoms with E-state index in [0.29, 0.717) is 37.1 Å². The lowest BCUT2D eigenvalue weighted by atomic mass is 9.90. The fraction of sp³-hybridized carbons (Fsp3) is 0.929. The third kappa shape index (κ3) is 4.28. The number of hydrogen-bond acceptors (Lipinski definition) is 3. The topological polar surface area (TPSA) is 54.5 Å². The van der Waals surface area contributed by atoms with Crippen LogP contribution in [-0.2, 0) is 14.8 Å². The van der Waals surface area contributed by atoms with Crippen molar-refractivity contribution in [3.05, 3.63) is 0 Å². The number of carbonyl (C=O) groups excluding carboxylic acids is 1. The highest BCUT2D eigenvalue weighted by Crippen LogP contribution is 2.29. The zero-order valence-corrected chi connectivity index (χ0v) is 12.6. The lowest BCUT2D eigenvalue weighted by molar-refractivity contribution is -0.123. The van der Waals surface area contributed by atoms with Gasteiger partial charge in [0.15, 0.2) is 0 Å². The summed E-state index contributed by atoms with van der Waals surface area (Å²) in [6.07, 6.45) is 9.30. The van der Waals surface area contributed by atoms with Crippen LogP contribution in [0.2, 0.25) is 0 Å². The molecule has 2 aliphatic rings. The van der Waals surface area contributed by atoms with E-state index in [2.05, 4.69) is 0 Å². The van der Waals surface area contributed by atoms with Crippen molar-refractivity contribution in [3.63, 3.8) is 0 Å². The summed E-state index contributed by atoms with van der Waals surface area (Å²) in [5.74, 6) is 1.08. The monoisotopic (exact) mass is 287 g/mol. The first-order valence-electron chi connectivity index (χ1n) is 7.44. The summed E-state index contributed by atoms with van der Waals surface area (Å²) in [4.78, 5) is 12.0. The van der Waals surface area contributed by atoms with E-state index < -0.39 is 10.0 Å². The minimum atomic E-state index is -3.06. The van der Waals surface area contributed by atoms with Gasteiger partial charge in [-0.05, 0) is 38.0 Å². The van der Waals surface area contributed by atoms with Crippen molar-refractivity contribution in [1.82, 2.24) is 4.31 Å². The molecule has 4 nitrogen and oxygen atoms in total. The third-order valence-corrected chi connectivity index (χ3v) is 5.83. The van der Waals surface area contributed by atoms with Crippen LogP contribution < -0.4 is 0 Å². The average Bonchev–Trinajstić information content (AvgIpc) is 2.89. The van der Waals surface area contributed by atoms with E-state index in [1.807, 2.05) is 0 Å². The second-order valence-electron chi connectivity index (χ2n) is 6.12. The largest absolute Gasteiger partial charge is 0.299 e. The van der Waals surface area contributed by atoms with Crippen molar-refractivity contribution in [2.75, 3.05) is 19.3 Å². The molecule has 1 aliphatic carbocycles. The van der Waals surface area contributed by atoms with Gasteiger partial charge in [0.2, 0.25) is 10.0 Å². The molecule has 5 heteroatoms. The van der Waals surface area contributed by atoms with E-state index >= 15 is 0 Å². The quantitative estimate of drug-likeness (QED) is 0.779. The zero-order valence-electron chi connectivity index (χ0n) is 11.8. The van der Waals surface area contributed by atoms with Gasteiger partial charge in [-0.3, -0.25) is 4.79 Å². The SMILES string of the molecule is CS(=O)(=O)N1CCCC(CCC(=O)C2CCCC2)C1. The average molecular weight is 287 g/mol. The molecule has 1 aliphatic heterocycles. The molecule has 0 aromatic rings. The maximum absolute atomic E-state index is 12.0. The van der Waals surface area contributed by atoms with Crippen LogP contribution >= 0.6 is 0 Å². The molecule has 0 amide bonds.